The van der Waals surface area contributed by atoms with Crippen molar-refractivity contribution in [3.05, 3.63) is 65.2 Å². The molecule has 0 amide bonds. The molecule has 5 nitrogen and oxygen atoms in total. The van der Waals surface area contributed by atoms with E-state index in [4.69, 9.17) is 19.5 Å². The predicted molar refractivity (Wildman–Crippen MR) is 119 cm³/mol. The number of nitrogens with zero attached hydrogens (tertiary/aromatic N) is 3. The van der Waals surface area contributed by atoms with Crippen molar-refractivity contribution in [2.75, 3.05) is 27.4 Å². The van der Waals surface area contributed by atoms with Crippen molar-refractivity contribution in [3.8, 4) is 5.75 Å². The largest absolute Gasteiger partial charge is 0.497 e. The van der Waals surface area contributed by atoms with Crippen LogP contribution in [-0.2, 0) is 17.8 Å². The number of aliphatic imine (C=N–C) groups is 1. The fourth-order valence-electron chi connectivity index (χ4n) is 3.39. The van der Waals surface area contributed by atoms with Gasteiger partial charge in [-0.1, -0.05) is 23.8 Å². The molecule has 2 aromatic carbocycles. The number of ether oxygens (including phenoxy) is 2. The molecule has 0 unspecified atom stereocenters. The summed E-state index contributed by atoms with van der Waals surface area (Å²) in [7, 11) is 3.39. The number of thioether (sulfide) groups is 1. The molecule has 0 aliphatic carbocycles. The van der Waals surface area contributed by atoms with Gasteiger partial charge in [0.25, 0.3) is 0 Å². The van der Waals surface area contributed by atoms with Crippen LogP contribution >= 0.6 is 11.8 Å². The lowest BCUT2D eigenvalue weighted by atomic mass is 10.1. The van der Waals surface area contributed by atoms with Crippen molar-refractivity contribution >= 4 is 27.8 Å². The Morgan fingerprint density at radius 1 is 1.10 bits per heavy atom. The van der Waals surface area contributed by atoms with Gasteiger partial charge >= 0.3 is 0 Å². The van der Waals surface area contributed by atoms with Gasteiger partial charge in [0, 0.05) is 31.1 Å². The lowest BCUT2D eigenvalue weighted by Gasteiger charge is -2.31. The van der Waals surface area contributed by atoms with Crippen LogP contribution in [0.1, 0.15) is 16.7 Å². The van der Waals surface area contributed by atoms with E-state index in [1.54, 1.807) is 26.0 Å². The molecule has 3 aromatic rings. The molecule has 1 aliphatic rings. The Hall–Kier alpha value is -2.57. The summed E-state index contributed by atoms with van der Waals surface area (Å²) >= 11 is 1.65. The van der Waals surface area contributed by atoms with Crippen molar-refractivity contribution in [2.24, 2.45) is 4.99 Å². The second-order valence-corrected chi connectivity index (χ2v) is 8.07. The molecule has 0 radical (unpaired) electrons. The van der Waals surface area contributed by atoms with Crippen LogP contribution in [0, 0.1) is 6.92 Å². The average Bonchev–Trinajstić information content (AvgIpc) is 2.73. The Balaban J connectivity index is 1.65. The highest BCUT2D eigenvalue weighted by molar-refractivity contribution is 8.13. The Bertz CT molecular complexity index is 1030. The number of fused-ring (bicyclic) bond motifs is 2. The van der Waals surface area contributed by atoms with Gasteiger partial charge in [-0.15, -0.1) is 0 Å². The molecule has 4 rings (SSSR count). The topological polar surface area (TPSA) is 47.0 Å². The lowest BCUT2D eigenvalue weighted by Crippen LogP contribution is -2.32. The average molecular weight is 408 g/mol. The minimum absolute atomic E-state index is 0.609. The minimum atomic E-state index is 0.609. The SMILES string of the molecule is COCCN=C1Sc2nc3ccc(C)cc3cc2CN1Cc1ccc(OC)cc1. The molecule has 0 bridgehead atoms. The van der Waals surface area contributed by atoms with Crippen LogP contribution in [0.2, 0.25) is 0 Å². The van der Waals surface area contributed by atoms with E-state index in [2.05, 4.69) is 48.2 Å². The van der Waals surface area contributed by atoms with Gasteiger partial charge in [-0.25, -0.2) is 4.98 Å². The monoisotopic (exact) mass is 407 g/mol. The van der Waals surface area contributed by atoms with Gasteiger partial charge in [0.2, 0.25) is 0 Å². The van der Waals surface area contributed by atoms with E-state index in [0.29, 0.717) is 13.2 Å². The van der Waals surface area contributed by atoms with Crippen LogP contribution in [-0.4, -0.2) is 42.4 Å². The number of rotatable bonds is 6. The molecule has 150 valence electrons. The highest BCUT2D eigenvalue weighted by atomic mass is 32.2. The maximum absolute atomic E-state index is 5.28. The van der Waals surface area contributed by atoms with Gasteiger partial charge in [-0.3, -0.25) is 4.99 Å². The molecule has 0 atom stereocenters. The first-order valence-corrected chi connectivity index (χ1v) is 10.5. The number of methoxy groups -OCH3 is 2. The van der Waals surface area contributed by atoms with E-state index in [-0.39, 0.29) is 0 Å². The molecule has 1 aliphatic heterocycles. The molecule has 2 heterocycles. The van der Waals surface area contributed by atoms with Gasteiger partial charge in [0.1, 0.15) is 10.8 Å². The predicted octanol–water partition coefficient (Wildman–Crippen LogP) is 4.66. The van der Waals surface area contributed by atoms with Crippen molar-refractivity contribution in [3.63, 3.8) is 0 Å². The standard InChI is InChI=1S/C23H25N3O2S/c1-16-4-9-21-18(12-16)13-19-15-26(14-17-5-7-20(28-3)8-6-17)23(24-10-11-27-2)29-22(19)25-21/h4-9,12-13H,10-11,14-15H2,1-3H3. The zero-order valence-electron chi connectivity index (χ0n) is 17.0. The van der Waals surface area contributed by atoms with E-state index in [1.165, 1.54) is 22.1 Å². The van der Waals surface area contributed by atoms with Gasteiger partial charge in [-0.05, 0) is 54.6 Å². The van der Waals surface area contributed by atoms with Gasteiger partial charge in [0.05, 0.1) is 25.8 Å². The fourth-order valence-corrected chi connectivity index (χ4v) is 4.37. The van der Waals surface area contributed by atoms with Crippen LogP contribution in [0.15, 0.2) is 58.5 Å². The molecule has 0 saturated carbocycles. The quantitative estimate of drug-likeness (QED) is 0.556. The fraction of sp³-hybridized carbons (Fsp3) is 0.304. The second-order valence-electron chi connectivity index (χ2n) is 7.11. The summed E-state index contributed by atoms with van der Waals surface area (Å²) in [6.45, 7) is 4.94. The first-order valence-electron chi connectivity index (χ1n) is 9.65. The van der Waals surface area contributed by atoms with Gasteiger partial charge < -0.3 is 14.4 Å². The van der Waals surface area contributed by atoms with Crippen LogP contribution in [0.25, 0.3) is 10.9 Å². The van der Waals surface area contributed by atoms with Crippen molar-refractivity contribution in [1.29, 1.82) is 0 Å². The maximum Gasteiger partial charge on any atom is 0.166 e. The number of pyridine rings is 1. The molecule has 1 aromatic heterocycles. The summed E-state index contributed by atoms with van der Waals surface area (Å²) in [6.07, 6.45) is 0. The van der Waals surface area contributed by atoms with E-state index in [1.807, 2.05) is 12.1 Å². The number of aryl methyl sites for hydroxylation is 1. The summed E-state index contributed by atoms with van der Waals surface area (Å²) in [5.74, 6) is 0.868. The van der Waals surface area contributed by atoms with Crippen molar-refractivity contribution in [2.45, 2.75) is 25.0 Å². The third kappa shape index (κ3) is 4.54. The summed E-state index contributed by atoms with van der Waals surface area (Å²) < 4.78 is 10.5. The third-order valence-electron chi connectivity index (χ3n) is 4.90. The minimum Gasteiger partial charge on any atom is -0.497 e. The van der Waals surface area contributed by atoms with Crippen molar-refractivity contribution < 1.29 is 9.47 Å². The van der Waals surface area contributed by atoms with E-state index in [0.717, 1.165) is 34.5 Å². The number of aromatic nitrogens is 1. The number of hydrogen-bond donors (Lipinski definition) is 0. The van der Waals surface area contributed by atoms with E-state index < -0.39 is 0 Å². The van der Waals surface area contributed by atoms with Gasteiger partial charge in [0.15, 0.2) is 5.17 Å². The molecule has 29 heavy (non-hydrogen) atoms. The molecule has 0 saturated heterocycles. The Morgan fingerprint density at radius 2 is 1.93 bits per heavy atom. The molecule has 0 N–H and O–H groups in total. The maximum atomic E-state index is 5.28. The Kier molecular flexibility index (Phi) is 6.02. The summed E-state index contributed by atoms with van der Waals surface area (Å²) in [5.41, 5.74) is 4.74. The van der Waals surface area contributed by atoms with E-state index in [9.17, 15) is 0 Å². The first-order chi connectivity index (χ1) is 14.2. The van der Waals surface area contributed by atoms with E-state index >= 15 is 0 Å². The first kappa shape index (κ1) is 19.7. The van der Waals surface area contributed by atoms with Gasteiger partial charge in [-0.2, -0.15) is 0 Å². The molecular weight excluding hydrogens is 382 g/mol. The van der Waals surface area contributed by atoms with Crippen LogP contribution in [0.4, 0.5) is 0 Å². The highest BCUT2D eigenvalue weighted by Gasteiger charge is 2.24. The molecule has 0 spiro atoms. The second kappa shape index (κ2) is 8.84. The van der Waals surface area contributed by atoms with Crippen LogP contribution in [0.5, 0.6) is 5.75 Å². The Morgan fingerprint density at radius 3 is 2.69 bits per heavy atom. The molecular formula is C23H25N3O2S. The normalized spacial score (nSPS) is 15.0. The number of hydrogen-bond acceptors (Lipinski definition) is 5. The molecule has 0 fully saturated rings. The number of benzene rings is 2. The lowest BCUT2D eigenvalue weighted by molar-refractivity contribution is 0.207. The summed E-state index contributed by atoms with van der Waals surface area (Å²) in [5, 5.41) is 3.22. The van der Waals surface area contributed by atoms with Crippen LogP contribution in [0.3, 0.4) is 0 Å². The Labute approximate surface area is 175 Å². The third-order valence-corrected chi connectivity index (χ3v) is 6.02. The zero-order valence-corrected chi connectivity index (χ0v) is 17.8. The van der Waals surface area contributed by atoms with Crippen molar-refractivity contribution in [1.82, 2.24) is 9.88 Å². The summed E-state index contributed by atoms with van der Waals surface area (Å²) in [6, 6.07) is 16.9. The smallest absolute Gasteiger partial charge is 0.166 e. The number of amidine groups is 1. The molecule has 6 heteroatoms. The van der Waals surface area contributed by atoms with Crippen LogP contribution < -0.4 is 4.74 Å². The zero-order chi connectivity index (χ0) is 20.2. The highest BCUT2D eigenvalue weighted by Crippen LogP contribution is 2.34. The summed E-state index contributed by atoms with van der Waals surface area (Å²) in [4.78, 5) is 12.0.